The molecule has 0 radical (unpaired) electrons. The smallest absolute Gasteiger partial charge is 0.186 e. The van der Waals surface area contributed by atoms with Crippen LogP contribution in [0.1, 0.15) is 23.1 Å². The number of thiazole rings is 1. The van der Waals surface area contributed by atoms with E-state index in [1.54, 1.807) is 11.3 Å². The van der Waals surface area contributed by atoms with E-state index in [2.05, 4.69) is 22.9 Å². The second-order valence-electron chi connectivity index (χ2n) is 4.76. The minimum absolute atomic E-state index is 0.0712. The summed E-state index contributed by atoms with van der Waals surface area (Å²) in [6.07, 6.45) is 0.854. The zero-order valence-electron chi connectivity index (χ0n) is 11.5. The third-order valence-corrected chi connectivity index (χ3v) is 4.61. The molecule has 0 spiro atoms. The molecule has 0 aliphatic carbocycles. The number of aromatic nitrogens is 1. The Morgan fingerprint density at radius 1 is 1.40 bits per heavy atom. The first-order valence-electron chi connectivity index (χ1n) is 6.87. The average molecular weight is 290 g/mol. The second-order valence-corrected chi connectivity index (χ2v) is 5.82. The Labute approximate surface area is 122 Å². The van der Waals surface area contributed by atoms with Crippen LogP contribution in [0, 0.1) is 0 Å². The maximum absolute atomic E-state index is 9.40. The molecule has 2 heterocycles. The minimum Gasteiger partial charge on any atom is -0.491 e. The third-order valence-electron chi connectivity index (χ3n) is 3.47. The van der Waals surface area contributed by atoms with Gasteiger partial charge in [0.2, 0.25) is 0 Å². The first-order chi connectivity index (χ1) is 9.81. The maximum atomic E-state index is 9.40. The molecule has 1 aliphatic rings. The molecule has 1 aromatic carbocycles. The number of benzene rings is 1. The van der Waals surface area contributed by atoms with E-state index < -0.39 is 0 Å². The Hall–Kier alpha value is -1.59. The Balaban J connectivity index is 1.89. The predicted molar refractivity (Wildman–Crippen MR) is 80.4 cm³/mol. The van der Waals surface area contributed by atoms with Crippen LogP contribution in [0.3, 0.4) is 0 Å². The SMILES string of the molecule is CCc1nc(N2CCOc3ccccc3C2)sc1CO. The predicted octanol–water partition coefficient (Wildman–Crippen LogP) is 2.60. The first kappa shape index (κ1) is 13.4. The molecular formula is C15H18N2O2S. The molecular weight excluding hydrogens is 272 g/mol. The van der Waals surface area contributed by atoms with Crippen molar-refractivity contribution in [2.24, 2.45) is 0 Å². The lowest BCUT2D eigenvalue weighted by Gasteiger charge is -2.18. The summed E-state index contributed by atoms with van der Waals surface area (Å²) in [7, 11) is 0. The van der Waals surface area contributed by atoms with Gasteiger partial charge in [0.15, 0.2) is 5.13 Å². The lowest BCUT2D eigenvalue weighted by molar-refractivity contribution is 0.284. The summed E-state index contributed by atoms with van der Waals surface area (Å²) in [6, 6.07) is 8.13. The van der Waals surface area contributed by atoms with E-state index in [1.807, 2.05) is 18.2 Å². The number of hydrogen-bond acceptors (Lipinski definition) is 5. The zero-order valence-corrected chi connectivity index (χ0v) is 12.3. The minimum atomic E-state index is 0.0712. The molecule has 1 aromatic heterocycles. The van der Waals surface area contributed by atoms with Gasteiger partial charge in [-0.15, -0.1) is 0 Å². The van der Waals surface area contributed by atoms with Gasteiger partial charge in [0.05, 0.1) is 23.7 Å². The van der Waals surface area contributed by atoms with Crippen LogP contribution in [0.2, 0.25) is 0 Å². The van der Waals surface area contributed by atoms with Crippen LogP contribution in [-0.4, -0.2) is 23.2 Å². The highest BCUT2D eigenvalue weighted by Gasteiger charge is 2.19. The quantitative estimate of drug-likeness (QED) is 0.944. The van der Waals surface area contributed by atoms with E-state index in [4.69, 9.17) is 4.74 Å². The van der Waals surface area contributed by atoms with Crippen LogP contribution < -0.4 is 9.64 Å². The lowest BCUT2D eigenvalue weighted by Crippen LogP contribution is -2.25. The molecule has 0 bridgehead atoms. The van der Waals surface area contributed by atoms with E-state index in [0.29, 0.717) is 6.61 Å². The number of hydrogen-bond donors (Lipinski definition) is 1. The van der Waals surface area contributed by atoms with Crippen LogP contribution >= 0.6 is 11.3 Å². The van der Waals surface area contributed by atoms with Crippen molar-refractivity contribution < 1.29 is 9.84 Å². The molecule has 0 saturated carbocycles. The summed E-state index contributed by atoms with van der Waals surface area (Å²) < 4.78 is 5.78. The van der Waals surface area contributed by atoms with Crippen molar-refractivity contribution >= 4 is 16.5 Å². The van der Waals surface area contributed by atoms with E-state index in [-0.39, 0.29) is 6.61 Å². The standard InChI is InChI=1S/C15H18N2O2S/c1-2-12-14(10-18)20-15(16-12)17-7-8-19-13-6-4-3-5-11(13)9-17/h3-6,18H,2,7-10H2,1H3. The van der Waals surface area contributed by atoms with E-state index in [1.165, 1.54) is 5.56 Å². The average Bonchev–Trinajstić information content (AvgIpc) is 2.79. The van der Waals surface area contributed by atoms with Gasteiger partial charge in [-0.25, -0.2) is 4.98 Å². The highest BCUT2D eigenvalue weighted by molar-refractivity contribution is 7.15. The van der Waals surface area contributed by atoms with Crippen molar-refractivity contribution in [1.82, 2.24) is 4.98 Å². The van der Waals surface area contributed by atoms with Gasteiger partial charge in [-0.1, -0.05) is 36.5 Å². The Bertz CT molecular complexity index is 576. The molecule has 0 saturated heterocycles. The number of nitrogens with zero attached hydrogens (tertiary/aromatic N) is 2. The van der Waals surface area contributed by atoms with E-state index in [0.717, 1.165) is 41.0 Å². The third kappa shape index (κ3) is 2.51. The maximum Gasteiger partial charge on any atom is 0.186 e. The number of fused-ring (bicyclic) bond motifs is 1. The normalized spacial score (nSPS) is 14.6. The van der Waals surface area contributed by atoms with Crippen LogP contribution in [0.15, 0.2) is 24.3 Å². The number of aliphatic hydroxyl groups is 1. The van der Waals surface area contributed by atoms with Crippen molar-refractivity contribution in [1.29, 1.82) is 0 Å². The van der Waals surface area contributed by atoms with E-state index >= 15 is 0 Å². The number of rotatable bonds is 3. The molecule has 3 rings (SSSR count). The fourth-order valence-electron chi connectivity index (χ4n) is 2.39. The largest absolute Gasteiger partial charge is 0.491 e. The molecule has 0 fully saturated rings. The summed E-state index contributed by atoms with van der Waals surface area (Å²) in [5.41, 5.74) is 2.19. The van der Waals surface area contributed by atoms with Gasteiger partial charge in [-0.05, 0) is 12.5 Å². The van der Waals surface area contributed by atoms with Crippen LogP contribution in [0.25, 0.3) is 0 Å². The second kappa shape index (κ2) is 5.81. The van der Waals surface area contributed by atoms with Crippen LogP contribution in [0.4, 0.5) is 5.13 Å². The van der Waals surface area contributed by atoms with Gasteiger partial charge in [-0.2, -0.15) is 0 Å². The summed E-state index contributed by atoms with van der Waals surface area (Å²) >= 11 is 1.58. The van der Waals surface area contributed by atoms with Crippen molar-refractivity contribution in [2.75, 3.05) is 18.1 Å². The fraction of sp³-hybridized carbons (Fsp3) is 0.400. The highest BCUT2D eigenvalue weighted by Crippen LogP contribution is 2.31. The van der Waals surface area contributed by atoms with E-state index in [9.17, 15) is 5.11 Å². The van der Waals surface area contributed by atoms with Crippen molar-refractivity contribution in [3.63, 3.8) is 0 Å². The number of ether oxygens (including phenoxy) is 1. The van der Waals surface area contributed by atoms with Crippen LogP contribution in [-0.2, 0) is 19.6 Å². The molecule has 1 N–H and O–H groups in total. The molecule has 0 atom stereocenters. The van der Waals surface area contributed by atoms with Gasteiger partial charge in [0.25, 0.3) is 0 Å². The fourth-order valence-corrected chi connectivity index (χ4v) is 3.43. The van der Waals surface area contributed by atoms with Crippen LogP contribution in [0.5, 0.6) is 5.75 Å². The Morgan fingerprint density at radius 3 is 3.00 bits per heavy atom. The molecule has 0 unspecified atom stereocenters. The summed E-state index contributed by atoms with van der Waals surface area (Å²) in [6.45, 7) is 4.42. The van der Waals surface area contributed by atoms with Crippen molar-refractivity contribution in [3.05, 3.63) is 40.4 Å². The van der Waals surface area contributed by atoms with Gasteiger partial charge >= 0.3 is 0 Å². The van der Waals surface area contributed by atoms with Gasteiger partial charge in [0, 0.05) is 12.1 Å². The highest BCUT2D eigenvalue weighted by atomic mass is 32.1. The molecule has 20 heavy (non-hydrogen) atoms. The Morgan fingerprint density at radius 2 is 2.25 bits per heavy atom. The number of aryl methyl sites for hydroxylation is 1. The summed E-state index contributed by atoms with van der Waals surface area (Å²) in [5, 5.41) is 10.4. The zero-order chi connectivity index (χ0) is 13.9. The number of para-hydroxylation sites is 1. The van der Waals surface area contributed by atoms with Gasteiger partial charge < -0.3 is 14.7 Å². The first-order valence-corrected chi connectivity index (χ1v) is 7.68. The topological polar surface area (TPSA) is 45.6 Å². The summed E-state index contributed by atoms with van der Waals surface area (Å²) in [5.74, 6) is 0.963. The van der Waals surface area contributed by atoms with Gasteiger partial charge in [0.1, 0.15) is 12.4 Å². The molecule has 106 valence electrons. The lowest BCUT2D eigenvalue weighted by atomic mass is 10.2. The number of aliphatic hydroxyl groups excluding tert-OH is 1. The van der Waals surface area contributed by atoms with Crippen molar-refractivity contribution in [3.8, 4) is 5.75 Å². The molecule has 1 aliphatic heterocycles. The number of anilines is 1. The molecule has 0 amide bonds. The molecule has 2 aromatic rings. The molecule has 4 nitrogen and oxygen atoms in total. The molecule has 5 heteroatoms. The Kier molecular flexibility index (Phi) is 3.89. The van der Waals surface area contributed by atoms with Crippen molar-refractivity contribution in [2.45, 2.75) is 26.5 Å². The monoisotopic (exact) mass is 290 g/mol. The summed E-state index contributed by atoms with van der Waals surface area (Å²) in [4.78, 5) is 7.87. The van der Waals surface area contributed by atoms with Gasteiger partial charge in [-0.3, -0.25) is 0 Å².